The predicted octanol–water partition coefficient (Wildman–Crippen LogP) is 3.66. The highest BCUT2D eigenvalue weighted by molar-refractivity contribution is 5.61. The summed E-state index contributed by atoms with van der Waals surface area (Å²) in [5, 5.41) is 13.9. The Balaban J connectivity index is 2.22. The van der Waals surface area contributed by atoms with E-state index in [2.05, 4.69) is 5.32 Å². The van der Waals surface area contributed by atoms with E-state index in [0.29, 0.717) is 18.0 Å². The molecule has 0 amide bonds. The molecule has 6 heteroatoms. The Morgan fingerprint density at radius 1 is 1.29 bits per heavy atom. The largest absolute Gasteiger partial charge is 0.495 e. The standard InChI is InChI=1S/C15H15FN2O3/c1-10-7-12(16)4-3-11(10)9-17-14-8-13(18(19)20)5-6-15(14)21-2/h3-8,17H,9H2,1-2H3. The molecule has 0 aliphatic rings. The number of nitrogens with zero attached hydrogens (tertiary/aromatic N) is 1. The van der Waals surface area contributed by atoms with Gasteiger partial charge >= 0.3 is 0 Å². The van der Waals surface area contributed by atoms with Gasteiger partial charge in [0, 0.05) is 18.7 Å². The molecule has 2 rings (SSSR count). The van der Waals surface area contributed by atoms with Crippen LogP contribution in [-0.4, -0.2) is 12.0 Å². The zero-order chi connectivity index (χ0) is 15.4. The normalized spacial score (nSPS) is 10.2. The number of nitro benzene ring substituents is 1. The number of aryl methyl sites for hydroxylation is 1. The highest BCUT2D eigenvalue weighted by Crippen LogP contribution is 2.29. The average Bonchev–Trinajstić information content (AvgIpc) is 2.46. The van der Waals surface area contributed by atoms with Gasteiger partial charge in [0.2, 0.25) is 0 Å². The third kappa shape index (κ3) is 3.47. The maximum atomic E-state index is 13.1. The van der Waals surface area contributed by atoms with Crippen molar-refractivity contribution in [1.82, 2.24) is 0 Å². The minimum atomic E-state index is -0.465. The van der Waals surface area contributed by atoms with Gasteiger partial charge in [-0.2, -0.15) is 0 Å². The summed E-state index contributed by atoms with van der Waals surface area (Å²) in [7, 11) is 1.50. The topological polar surface area (TPSA) is 64.4 Å². The summed E-state index contributed by atoms with van der Waals surface area (Å²) in [5.41, 5.74) is 2.22. The number of hydrogen-bond acceptors (Lipinski definition) is 4. The van der Waals surface area contributed by atoms with Gasteiger partial charge in [0.1, 0.15) is 11.6 Å². The van der Waals surface area contributed by atoms with Crippen molar-refractivity contribution in [2.45, 2.75) is 13.5 Å². The van der Waals surface area contributed by atoms with Crippen LogP contribution in [0.5, 0.6) is 5.75 Å². The van der Waals surface area contributed by atoms with Crippen LogP contribution in [0.15, 0.2) is 36.4 Å². The summed E-state index contributed by atoms with van der Waals surface area (Å²) in [4.78, 5) is 10.3. The Morgan fingerprint density at radius 3 is 2.67 bits per heavy atom. The number of non-ortho nitro benzene ring substituents is 1. The molecule has 2 aromatic carbocycles. The first-order chi connectivity index (χ1) is 10.0. The van der Waals surface area contributed by atoms with E-state index in [0.717, 1.165) is 11.1 Å². The van der Waals surface area contributed by atoms with E-state index in [4.69, 9.17) is 4.74 Å². The fraction of sp³-hybridized carbons (Fsp3) is 0.200. The SMILES string of the molecule is COc1ccc([N+](=O)[O-])cc1NCc1ccc(F)cc1C. The molecule has 0 fully saturated rings. The van der Waals surface area contributed by atoms with Crippen LogP contribution in [0, 0.1) is 22.9 Å². The molecule has 0 bridgehead atoms. The smallest absolute Gasteiger partial charge is 0.271 e. The maximum absolute atomic E-state index is 13.1. The Bertz CT molecular complexity index is 674. The number of nitro groups is 1. The Kier molecular flexibility index (Phi) is 4.37. The van der Waals surface area contributed by atoms with Crippen LogP contribution in [0.4, 0.5) is 15.8 Å². The molecular weight excluding hydrogens is 275 g/mol. The van der Waals surface area contributed by atoms with E-state index < -0.39 is 4.92 Å². The number of halogens is 1. The van der Waals surface area contributed by atoms with Crippen molar-refractivity contribution in [3.05, 3.63) is 63.5 Å². The van der Waals surface area contributed by atoms with Crippen molar-refractivity contribution < 1.29 is 14.1 Å². The van der Waals surface area contributed by atoms with Crippen LogP contribution in [-0.2, 0) is 6.54 Å². The Hall–Kier alpha value is -2.63. The molecule has 0 spiro atoms. The zero-order valence-corrected chi connectivity index (χ0v) is 11.7. The Morgan fingerprint density at radius 2 is 2.05 bits per heavy atom. The highest BCUT2D eigenvalue weighted by Gasteiger charge is 2.11. The molecule has 0 saturated heterocycles. The van der Waals surface area contributed by atoms with E-state index >= 15 is 0 Å². The first kappa shape index (κ1) is 14.8. The van der Waals surface area contributed by atoms with Crippen LogP contribution in [0.1, 0.15) is 11.1 Å². The fourth-order valence-corrected chi connectivity index (χ4v) is 2.00. The molecular formula is C15H15FN2O3. The lowest BCUT2D eigenvalue weighted by atomic mass is 10.1. The first-order valence-corrected chi connectivity index (χ1v) is 6.32. The summed E-state index contributed by atoms with van der Waals surface area (Å²) >= 11 is 0. The second-order valence-electron chi connectivity index (χ2n) is 4.57. The van der Waals surface area contributed by atoms with Crippen LogP contribution in [0.2, 0.25) is 0 Å². The van der Waals surface area contributed by atoms with Gasteiger partial charge in [-0.3, -0.25) is 10.1 Å². The molecule has 1 N–H and O–H groups in total. The summed E-state index contributed by atoms with van der Waals surface area (Å²) in [6, 6.07) is 8.85. The maximum Gasteiger partial charge on any atom is 0.271 e. The van der Waals surface area contributed by atoms with Crippen LogP contribution in [0.3, 0.4) is 0 Å². The molecule has 0 radical (unpaired) electrons. The molecule has 110 valence electrons. The molecule has 5 nitrogen and oxygen atoms in total. The van der Waals surface area contributed by atoms with Gasteiger partial charge in [-0.15, -0.1) is 0 Å². The lowest BCUT2D eigenvalue weighted by Crippen LogP contribution is -2.04. The fourth-order valence-electron chi connectivity index (χ4n) is 2.00. The van der Waals surface area contributed by atoms with Crippen molar-refractivity contribution in [3.8, 4) is 5.75 Å². The summed E-state index contributed by atoms with van der Waals surface area (Å²) in [6.45, 7) is 2.23. The van der Waals surface area contributed by atoms with Gasteiger partial charge in [0.25, 0.3) is 5.69 Å². The van der Waals surface area contributed by atoms with Crippen LogP contribution >= 0.6 is 0 Å². The molecule has 0 atom stereocenters. The van der Waals surface area contributed by atoms with Gasteiger partial charge in [-0.1, -0.05) is 6.07 Å². The zero-order valence-electron chi connectivity index (χ0n) is 11.7. The predicted molar refractivity (Wildman–Crippen MR) is 78.1 cm³/mol. The van der Waals surface area contributed by atoms with E-state index in [1.807, 2.05) is 6.92 Å². The second-order valence-corrected chi connectivity index (χ2v) is 4.57. The van der Waals surface area contributed by atoms with Gasteiger partial charge in [0.15, 0.2) is 0 Å². The second kappa shape index (κ2) is 6.21. The highest BCUT2D eigenvalue weighted by atomic mass is 19.1. The molecule has 0 aliphatic heterocycles. The number of nitrogens with one attached hydrogen (secondary N) is 1. The van der Waals surface area contributed by atoms with Crippen molar-refractivity contribution in [2.75, 3.05) is 12.4 Å². The van der Waals surface area contributed by atoms with Crippen molar-refractivity contribution in [3.63, 3.8) is 0 Å². The van der Waals surface area contributed by atoms with E-state index in [1.54, 1.807) is 6.07 Å². The molecule has 0 heterocycles. The molecule has 0 unspecified atom stereocenters. The number of methoxy groups -OCH3 is 1. The summed E-state index contributed by atoms with van der Waals surface area (Å²) < 4.78 is 18.2. The van der Waals surface area contributed by atoms with Crippen LogP contribution < -0.4 is 10.1 Å². The number of rotatable bonds is 5. The third-order valence-electron chi connectivity index (χ3n) is 3.17. The van der Waals surface area contributed by atoms with Crippen LogP contribution in [0.25, 0.3) is 0 Å². The minimum absolute atomic E-state index is 0.0193. The molecule has 0 aromatic heterocycles. The lowest BCUT2D eigenvalue weighted by Gasteiger charge is -2.12. The minimum Gasteiger partial charge on any atom is -0.495 e. The van der Waals surface area contributed by atoms with Gasteiger partial charge in [0.05, 0.1) is 17.7 Å². The van der Waals surface area contributed by atoms with Gasteiger partial charge in [-0.05, 0) is 36.2 Å². The van der Waals surface area contributed by atoms with Crippen molar-refractivity contribution in [1.29, 1.82) is 0 Å². The molecule has 2 aromatic rings. The number of anilines is 1. The lowest BCUT2D eigenvalue weighted by molar-refractivity contribution is -0.384. The van der Waals surface area contributed by atoms with E-state index in [9.17, 15) is 14.5 Å². The molecule has 0 saturated carbocycles. The third-order valence-corrected chi connectivity index (χ3v) is 3.17. The molecule has 21 heavy (non-hydrogen) atoms. The molecule has 0 aliphatic carbocycles. The quantitative estimate of drug-likeness (QED) is 0.674. The first-order valence-electron chi connectivity index (χ1n) is 6.32. The van der Waals surface area contributed by atoms with Gasteiger partial charge in [-0.25, -0.2) is 4.39 Å². The monoisotopic (exact) mass is 290 g/mol. The average molecular weight is 290 g/mol. The van der Waals surface area contributed by atoms with Crippen molar-refractivity contribution in [2.24, 2.45) is 0 Å². The van der Waals surface area contributed by atoms with E-state index in [1.165, 1.54) is 37.4 Å². The van der Waals surface area contributed by atoms with E-state index in [-0.39, 0.29) is 11.5 Å². The number of hydrogen-bond donors (Lipinski definition) is 1. The summed E-state index contributed by atoms with van der Waals surface area (Å²) in [6.07, 6.45) is 0. The number of ether oxygens (including phenoxy) is 1. The van der Waals surface area contributed by atoms with Gasteiger partial charge < -0.3 is 10.1 Å². The van der Waals surface area contributed by atoms with Crippen molar-refractivity contribution >= 4 is 11.4 Å². The number of benzene rings is 2. The summed E-state index contributed by atoms with van der Waals surface area (Å²) in [5.74, 6) is 0.226. The Labute approximate surface area is 121 Å².